The fourth-order valence-corrected chi connectivity index (χ4v) is 3.71. The molecule has 0 saturated heterocycles. The molecule has 0 aliphatic heterocycles. The van der Waals surface area contributed by atoms with E-state index in [2.05, 4.69) is 11.8 Å². The second-order valence-electron chi connectivity index (χ2n) is 4.79. The Morgan fingerprint density at radius 2 is 1.95 bits per heavy atom. The van der Waals surface area contributed by atoms with Crippen LogP contribution >= 0.6 is 0 Å². The van der Waals surface area contributed by atoms with Crippen LogP contribution in [0.5, 0.6) is 0 Å². The van der Waals surface area contributed by atoms with Gasteiger partial charge in [0, 0.05) is 24.6 Å². The molecule has 21 heavy (non-hydrogen) atoms. The summed E-state index contributed by atoms with van der Waals surface area (Å²) in [7, 11) is -3.54. The van der Waals surface area contributed by atoms with E-state index in [9.17, 15) is 8.42 Å². The lowest BCUT2D eigenvalue weighted by molar-refractivity contribution is 0.411. The number of benzene rings is 1. The molecule has 1 aromatic carbocycles. The van der Waals surface area contributed by atoms with Crippen LogP contribution in [0.4, 0.5) is 0 Å². The molecule has 1 aliphatic rings. The van der Waals surface area contributed by atoms with Gasteiger partial charge >= 0.3 is 0 Å². The first kappa shape index (κ1) is 15.5. The molecule has 1 aliphatic carbocycles. The van der Waals surface area contributed by atoms with Crippen LogP contribution in [0.1, 0.15) is 24.8 Å². The lowest BCUT2D eigenvalue weighted by Crippen LogP contribution is -2.33. The van der Waals surface area contributed by atoms with Gasteiger partial charge in [0.1, 0.15) is 0 Å². The molecule has 0 aromatic heterocycles. The van der Waals surface area contributed by atoms with Gasteiger partial charge in [-0.25, -0.2) is 8.42 Å². The van der Waals surface area contributed by atoms with Crippen LogP contribution in [0.3, 0.4) is 0 Å². The SMILES string of the molecule is N#CCCN(C1CC1)S(=O)(=O)c1ccc(C#CCN)cc1. The van der Waals surface area contributed by atoms with Crippen LogP contribution in [-0.2, 0) is 10.0 Å². The maximum atomic E-state index is 12.6. The van der Waals surface area contributed by atoms with Crippen LogP contribution in [0.2, 0.25) is 0 Å². The zero-order valence-electron chi connectivity index (χ0n) is 11.6. The van der Waals surface area contributed by atoms with Crippen molar-refractivity contribution in [2.24, 2.45) is 5.73 Å². The van der Waals surface area contributed by atoms with Gasteiger partial charge in [0.15, 0.2) is 0 Å². The van der Waals surface area contributed by atoms with Gasteiger partial charge in [-0.2, -0.15) is 9.57 Å². The molecule has 6 heteroatoms. The predicted molar refractivity (Wildman–Crippen MR) is 79.5 cm³/mol. The summed E-state index contributed by atoms with van der Waals surface area (Å²) in [5.74, 6) is 5.58. The van der Waals surface area contributed by atoms with Crippen LogP contribution in [-0.4, -0.2) is 31.9 Å². The van der Waals surface area contributed by atoms with E-state index in [0.717, 1.165) is 18.4 Å². The number of nitrogens with two attached hydrogens (primary N) is 1. The number of rotatable bonds is 5. The van der Waals surface area contributed by atoms with Gasteiger partial charge in [-0.15, -0.1) is 0 Å². The highest BCUT2D eigenvalue weighted by Crippen LogP contribution is 2.32. The van der Waals surface area contributed by atoms with Gasteiger partial charge in [-0.1, -0.05) is 11.8 Å². The lowest BCUT2D eigenvalue weighted by atomic mass is 10.2. The summed E-state index contributed by atoms with van der Waals surface area (Å²) < 4.78 is 26.7. The Labute approximate surface area is 125 Å². The molecule has 0 atom stereocenters. The molecular formula is C15H17N3O2S. The molecule has 0 unspecified atom stereocenters. The molecule has 2 rings (SSSR count). The Balaban J connectivity index is 2.23. The van der Waals surface area contributed by atoms with E-state index in [1.54, 1.807) is 24.3 Å². The van der Waals surface area contributed by atoms with Gasteiger partial charge in [0.2, 0.25) is 10.0 Å². The summed E-state index contributed by atoms with van der Waals surface area (Å²) in [4.78, 5) is 0.241. The highest BCUT2D eigenvalue weighted by atomic mass is 32.2. The second kappa shape index (κ2) is 6.73. The van der Waals surface area contributed by atoms with Crippen molar-refractivity contribution in [3.63, 3.8) is 0 Å². The third-order valence-electron chi connectivity index (χ3n) is 3.19. The number of hydrogen-bond acceptors (Lipinski definition) is 4. The van der Waals surface area contributed by atoms with E-state index < -0.39 is 10.0 Å². The number of nitriles is 1. The number of sulfonamides is 1. The molecule has 1 fully saturated rings. The topological polar surface area (TPSA) is 87.2 Å². The van der Waals surface area contributed by atoms with E-state index in [-0.39, 0.29) is 30.4 Å². The van der Waals surface area contributed by atoms with Gasteiger partial charge in [0.05, 0.1) is 17.5 Å². The van der Waals surface area contributed by atoms with Gasteiger partial charge < -0.3 is 5.73 Å². The Hall–Kier alpha value is -1.86. The minimum absolute atomic E-state index is 0.0417. The van der Waals surface area contributed by atoms with E-state index in [1.807, 2.05) is 6.07 Å². The molecule has 0 bridgehead atoms. The van der Waals surface area contributed by atoms with Crippen molar-refractivity contribution in [3.8, 4) is 17.9 Å². The molecule has 0 radical (unpaired) electrons. The molecule has 1 aromatic rings. The van der Waals surface area contributed by atoms with Gasteiger partial charge in [0.25, 0.3) is 0 Å². The third-order valence-corrected chi connectivity index (χ3v) is 5.16. The van der Waals surface area contributed by atoms with Crippen molar-refractivity contribution in [1.82, 2.24) is 4.31 Å². The summed E-state index contributed by atoms with van der Waals surface area (Å²) in [6.45, 7) is 0.516. The summed E-state index contributed by atoms with van der Waals surface area (Å²) in [6, 6.07) is 8.49. The predicted octanol–water partition coefficient (Wildman–Crippen LogP) is 1.06. The zero-order chi connectivity index (χ0) is 15.3. The van der Waals surface area contributed by atoms with Crippen molar-refractivity contribution in [2.75, 3.05) is 13.1 Å². The van der Waals surface area contributed by atoms with Crippen molar-refractivity contribution < 1.29 is 8.42 Å². The molecule has 110 valence electrons. The van der Waals surface area contributed by atoms with Crippen molar-refractivity contribution in [2.45, 2.75) is 30.2 Å². The maximum Gasteiger partial charge on any atom is 0.243 e. The van der Waals surface area contributed by atoms with Gasteiger partial charge in [-0.3, -0.25) is 0 Å². The van der Waals surface area contributed by atoms with E-state index >= 15 is 0 Å². The Morgan fingerprint density at radius 1 is 1.29 bits per heavy atom. The van der Waals surface area contributed by atoms with Crippen LogP contribution in [0.15, 0.2) is 29.2 Å². The summed E-state index contributed by atoms with van der Waals surface area (Å²) in [5, 5.41) is 8.68. The molecule has 5 nitrogen and oxygen atoms in total. The quantitative estimate of drug-likeness (QED) is 0.824. The first-order valence-electron chi connectivity index (χ1n) is 6.77. The average Bonchev–Trinajstić information content (AvgIpc) is 3.30. The second-order valence-corrected chi connectivity index (χ2v) is 6.68. The first-order chi connectivity index (χ1) is 10.1. The van der Waals surface area contributed by atoms with Crippen molar-refractivity contribution in [3.05, 3.63) is 29.8 Å². The van der Waals surface area contributed by atoms with E-state index in [1.165, 1.54) is 4.31 Å². The molecule has 1 saturated carbocycles. The average molecular weight is 303 g/mol. The molecule has 0 heterocycles. The first-order valence-corrected chi connectivity index (χ1v) is 8.21. The normalized spacial score (nSPS) is 14.3. The lowest BCUT2D eigenvalue weighted by Gasteiger charge is -2.20. The zero-order valence-corrected chi connectivity index (χ0v) is 12.4. The number of nitrogens with zero attached hydrogens (tertiary/aromatic N) is 2. The fourth-order valence-electron chi connectivity index (χ4n) is 2.02. The van der Waals surface area contributed by atoms with Gasteiger partial charge in [-0.05, 0) is 37.1 Å². The Bertz CT molecular complexity index is 689. The van der Waals surface area contributed by atoms with Crippen LogP contribution < -0.4 is 5.73 Å². The summed E-state index contributed by atoms with van der Waals surface area (Å²) >= 11 is 0. The minimum atomic E-state index is -3.54. The molecule has 0 amide bonds. The highest BCUT2D eigenvalue weighted by molar-refractivity contribution is 7.89. The monoisotopic (exact) mass is 303 g/mol. The van der Waals surface area contributed by atoms with E-state index in [4.69, 9.17) is 11.0 Å². The van der Waals surface area contributed by atoms with E-state index in [0.29, 0.717) is 0 Å². The van der Waals surface area contributed by atoms with Crippen LogP contribution in [0, 0.1) is 23.2 Å². The summed E-state index contributed by atoms with van der Waals surface area (Å²) in [6.07, 6.45) is 1.94. The molecule has 2 N–H and O–H groups in total. The van der Waals surface area contributed by atoms with Crippen LogP contribution in [0.25, 0.3) is 0 Å². The smallest absolute Gasteiger partial charge is 0.243 e. The Morgan fingerprint density at radius 3 is 2.48 bits per heavy atom. The third kappa shape index (κ3) is 3.83. The molecular weight excluding hydrogens is 286 g/mol. The standard InChI is InChI=1S/C15H17N3O2S/c16-10-1-3-13-4-8-15(9-5-13)21(19,20)18(12-2-11-17)14-6-7-14/h4-5,8-9,14H,2,6-7,10,12,16H2. The minimum Gasteiger partial charge on any atom is -0.320 e. The Kier molecular flexibility index (Phi) is 4.98. The fraction of sp³-hybridized carbons (Fsp3) is 0.400. The highest BCUT2D eigenvalue weighted by Gasteiger charge is 2.37. The van der Waals surface area contributed by atoms with Crippen molar-refractivity contribution in [1.29, 1.82) is 5.26 Å². The largest absolute Gasteiger partial charge is 0.320 e. The molecule has 0 spiro atoms. The maximum absolute atomic E-state index is 12.6. The number of hydrogen-bond donors (Lipinski definition) is 1. The summed E-state index contributed by atoms with van der Waals surface area (Å²) in [5.41, 5.74) is 6.03. The van der Waals surface area contributed by atoms with Crippen molar-refractivity contribution >= 4 is 10.0 Å².